The second kappa shape index (κ2) is 8.88. The van der Waals surface area contributed by atoms with E-state index in [0.717, 1.165) is 0 Å². The van der Waals surface area contributed by atoms with Gasteiger partial charge in [0.2, 0.25) is 0 Å². The zero-order valence-electron chi connectivity index (χ0n) is 6.01. The molecule has 0 saturated heterocycles. The number of aliphatic hydroxyl groups is 2. The molecule has 11 heavy (non-hydrogen) atoms. The van der Waals surface area contributed by atoms with Crippen LogP contribution in [0.25, 0.3) is 0 Å². The number of hydrogen-bond acceptors (Lipinski definition) is 4. The zero-order chi connectivity index (χ0) is 8.78. The minimum absolute atomic E-state index is 0. The monoisotopic (exact) mass is 196 g/mol. The molecule has 0 aromatic rings. The maximum atomic E-state index is 8.74. The fraction of sp³-hybridized carbons (Fsp3) is 0.667. The summed E-state index contributed by atoms with van der Waals surface area (Å²) in [6, 6.07) is 0. The Kier molecular flexibility index (Phi) is 14.3. The van der Waals surface area contributed by atoms with Gasteiger partial charge in [-0.15, -0.1) is 0 Å². The molecule has 0 bridgehead atoms. The third-order valence-corrected chi connectivity index (χ3v) is 0.211. The summed E-state index contributed by atoms with van der Waals surface area (Å²) in [7, 11) is -4.67. The molecule has 0 aliphatic heterocycles. The molecule has 0 heterocycles. The van der Waals surface area contributed by atoms with Crippen molar-refractivity contribution in [3.05, 3.63) is 6.92 Å². The third kappa shape index (κ3) is 107. The van der Waals surface area contributed by atoms with Crippen molar-refractivity contribution in [1.82, 2.24) is 0 Å². The maximum absolute atomic E-state index is 8.74. The van der Waals surface area contributed by atoms with E-state index in [2.05, 4.69) is 6.92 Å². The molecule has 0 aromatic carbocycles. The van der Waals surface area contributed by atoms with Crippen LogP contribution in [0.15, 0.2) is 0 Å². The summed E-state index contributed by atoms with van der Waals surface area (Å²) in [5.74, 6) is 0. The predicted molar refractivity (Wildman–Crippen MR) is 32.6 cm³/mol. The Balaban J connectivity index is -0.000000107. The minimum Gasteiger partial charge on any atom is -0.423 e. The molecular formula is C3H9NaO6S. The van der Waals surface area contributed by atoms with Gasteiger partial charge in [0.25, 0.3) is 0 Å². The van der Waals surface area contributed by atoms with Crippen LogP contribution in [0.2, 0.25) is 0 Å². The van der Waals surface area contributed by atoms with Crippen LogP contribution in [0.3, 0.4) is 0 Å². The van der Waals surface area contributed by atoms with Gasteiger partial charge in [0.05, 0.1) is 0 Å². The molecule has 8 heteroatoms. The molecule has 1 atom stereocenters. The first-order valence-corrected chi connectivity index (χ1v) is 3.49. The molecule has 0 rings (SSSR count). The van der Waals surface area contributed by atoms with Crippen molar-refractivity contribution < 1.29 is 57.3 Å². The molecule has 0 amide bonds. The summed E-state index contributed by atoms with van der Waals surface area (Å²) in [5, 5.41) is 15.8. The predicted octanol–water partition coefficient (Wildman–Crippen LogP) is -4.48. The van der Waals surface area contributed by atoms with Gasteiger partial charge in [0.15, 0.2) is 0 Å². The van der Waals surface area contributed by atoms with Crippen LogP contribution < -0.4 is 29.6 Å². The second-order valence-corrected chi connectivity index (χ2v) is 2.18. The standard InChI is InChI=1S/C3H7O2.Na.H2O4S/c1-3(5)2-4;;1-5(2,3)4/h3-5H,1-2H2;;(H2,1,2,3,4)/q-1;+1;. The Hall–Kier alpha value is 0.790. The first-order chi connectivity index (χ1) is 4.27. The van der Waals surface area contributed by atoms with Crippen molar-refractivity contribution in [2.24, 2.45) is 0 Å². The summed E-state index contributed by atoms with van der Waals surface area (Å²) in [4.78, 5) is 0. The van der Waals surface area contributed by atoms with Crippen molar-refractivity contribution in [3.8, 4) is 0 Å². The molecular weight excluding hydrogens is 187 g/mol. The van der Waals surface area contributed by atoms with Gasteiger partial charge in [-0.2, -0.15) is 8.42 Å². The molecule has 0 aliphatic carbocycles. The fourth-order valence-corrected chi connectivity index (χ4v) is 0. The van der Waals surface area contributed by atoms with Crippen molar-refractivity contribution in [1.29, 1.82) is 0 Å². The maximum Gasteiger partial charge on any atom is 1.00 e. The Morgan fingerprint density at radius 1 is 1.36 bits per heavy atom. The SMILES string of the molecule is O=S(=O)(O)O.[CH2-]C(O)CO.[Na+]. The average molecular weight is 196 g/mol. The second-order valence-electron chi connectivity index (χ2n) is 1.28. The van der Waals surface area contributed by atoms with E-state index in [9.17, 15) is 0 Å². The van der Waals surface area contributed by atoms with Crippen molar-refractivity contribution in [2.45, 2.75) is 6.10 Å². The van der Waals surface area contributed by atoms with Gasteiger partial charge >= 0.3 is 40.0 Å². The van der Waals surface area contributed by atoms with E-state index in [-0.39, 0.29) is 36.2 Å². The Bertz CT molecular complexity index is 143. The number of aliphatic hydroxyl groups excluding tert-OH is 2. The first-order valence-electron chi connectivity index (χ1n) is 2.09. The molecule has 0 saturated carbocycles. The molecule has 6 nitrogen and oxygen atoms in total. The van der Waals surface area contributed by atoms with E-state index < -0.39 is 16.5 Å². The topological polar surface area (TPSA) is 115 Å². The Morgan fingerprint density at radius 2 is 1.45 bits per heavy atom. The number of hydrogen-bond donors (Lipinski definition) is 4. The van der Waals surface area contributed by atoms with Gasteiger partial charge in [-0.05, 0) is 6.10 Å². The van der Waals surface area contributed by atoms with Crippen molar-refractivity contribution in [2.75, 3.05) is 6.61 Å². The normalized spacial score (nSPS) is 12.1. The zero-order valence-corrected chi connectivity index (χ0v) is 8.82. The van der Waals surface area contributed by atoms with Crippen LogP contribution in [0.4, 0.5) is 0 Å². The quantitative estimate of drug-likeness (QED) is 0.191. The minimum atomic E-state index is -4.67. The summed E-state index contributed by atoms with van der Waals surface area (Å²) in [6.45, 7) is 2.81. The van der Waals surface area contributed by atoms with Gasteiger partial charge in [-0.3, -0.25) is 9.11 Å². The molecule has 0 radical (unpaired) electrons. The van der Waals surface area contributed by atoms with Gasteiger partial charge in [0, 0.05) is 6.61 Å². The van der Waals surface area contributed by atoms with E-state index in [0.29, 0.717) is 0 Å². The summed E-state index contributed by atoms with van der Waals surface area (Å²) < 4.78 is 31.6. The molecule has 1 unspecified atom stereocenters. The third-order valence-electron chi connectivity index (χ3n) is 0.211. The van der Waals surface area contributed by atoms with Crippen LogP contribution in [0.1, 0.15) is 0 Å². The largest absolute Gasteiger partial charge is 1.00 e. The van der Waals surface area contributed by atoms with E-state index in [1.54, 1.807) is 0 Å². The smallest absolute Gasteiger partial charge is 0.423 e. The molecule has 4 N–H and O–H groups in total. The summed E-state index contributed by atoms with van der Waals surface area (Å²) in [5.41, 5.74) is 0. The molecule has 64 valence electrons. The summed E-state index contributed by atoms with van der Waals surface area (Å²) >= 11 is 0. The van der Waals surface area contributed by atoms with Crippen LogP contribution in [0, 0.1) is 6.92 Å². The van der Waals surface area contributed by atoms with Crippen LogP contribution in [0.5, 0.6) is 0 Å². The van der Waals surface area contributed by atoms with Gasteiger partial charge in [0.1, 0.15) is 0 Å². The van der Waals surface area contributed by atoms with Crippen LogP contribution >= 0.6 is 0 Å². The molecule has 0 spiro atoms. The average Bonchev–Trinajstić information content (AvgIpc) is 1.61. The van der Waals surface area contributed by atoms with Crippen LogP contribution in [-0.2, 0) is 10.4 Å². The molecule has 0 aromatic heterocycles. The summed E-state index contributed by atoms with van der Waals surface area (Å²) in [6.07, 6.45) is -0.810. The molecule has 0 aliphatic rings. The van der Waals surface area contributed by atoms with E-state index in [4.69, 9.17) is 27.7 Å². The van der Waals surface area contributed by atoms with Gasteiger partial charge < -0.3 is 17.1 Å². The Labute approximate surface area is 87.1 Å². The van der Waals surface area contributed by atoms with E-state index >= 15 is 0 Å². The van der Waals surface area contributed by atoms with E-state index in [1.807, 2.05) is 0 Å². The first kappa shape index (κ1) is 17.8. The van der Waals surface area contributed by atoms with Crippen molar-refractivity contribution >= 4 is 10.4 Å². The van der Waals surface area contributed by atoms with Gasteiger partial charge in [-0.1, -0.05) is 0 Å². The van der Waals surface area contributed by atoms with Crippen molar-refractivity contribution in [3.63, 3.8) is 0 Å². The van der Waals surface area contributed by atoms with E-state index in [1.165, 1.54) is 0 Å². The molecule has 0 fully saturated rings. The number of rotatable bonds is 1. The Morgan fingerprint density at radius 3 is 1.45 bits per heavy atom. The van der Waals surface area contributed by atoms with Gasteiger partial charge in [-0.25, -0.2) is 0 Å². The van der Waals surface area contributed by atoms with Crippen LogP contribution in [-0.4, -0.2) is 40.4 Å². The fourth-order valence-electron chi connectivity index (χ4n) is 0.